The van der Waals surface area contributed by atoms with E-state index < -0.39 is 53.3 Å². The maximum Gasteiger partial charge on any atom is 0.352 e. The molecule has 2 N–H and O–H groups in total. The Kier molecular flexibility index (Phi) is 6.62. The fraction of sp³-hybridized carbons (Fsp3) is 0.333. The summed E-state index contributed by atoms with van der Waals surface area (Å²) in [6.45, 7) is -0.144. The van der Waals surface area contributed by atoms with Gasteiger partial charge >= 0.3 is 5.92 Å². The number of alkyl halides is 3. The molecule has 0 aliphatic carbocycles. The average Bonchev–Trinajstić information content (AvgIpc) is 2.72. The summed E-state index contributed by atoms with van der Waals surface area (Å²) >= 11 is 2.95. The van der Waals surface area contributed by atoms with Crippen molar-refractivity contribution in [3.8, 4) is 0 Å². The Morgan fingerprint density at radius 2 is 1.84 bits per heavy atom. The van der Waals surface area contributed by atoms with Crippen LogP contribution >= 0.6 is 15.9 Å². The Bertz CT molecular complexity index is 1060. The van der Waals surface area contributed by atoms with Crippen molar-refractivity contribution in [2.75, 3.05) is 18.4 Å². The van der Waals surface area contributed by atoms with E-state index in [1.54, 1.807) is 0 Å². The van der Waals surface area contributed by atoms with E-state index in [1.165, 1.54) is 12.1 Å². The first kappa shape index (κ1) is 24.1. The van der Waals surface area contributed by atoms with Gasteiger partial charge in [-0.3, -0.25) is 9.59 Å². The summed E-state index contributed by atoms with van der Waals surface area (Å²) in [5.41, 5.74) is -3.87. The fourth-order valence-corrected chi connectivity index (χ4v) is 3.69. The van der Waals surface area contributed by atoms with Gasteiger partial charge in [0.2, 0.25) is 0 Å². The molecule has 0 radical (unpaired) electrons. The molecule has 11 heteroatoms. The van der Waals surface area contributed by atoms with Crippen LogP contribution in [-0.2, 0) is 10.7 Å². The minimum absolute atomic E-state index is 0.0544. The van der Waals surface area contributed by atoms with Crippen LogP contribution in [0.1, 0.15) is 29.3 Å². The first-order valence-corrected chi connectivity index (χ1v) is 10.2. The molecule has 1 aliphatic heterocycles. The van der Waals surface area contributed by atoms with E-state index in [4.69, 9.17) is 0 Å². The van der Waals surface area contributed by atoms with Crippen molar-refractivity contribution in [2.24, 2.45) is 0 Å². The van der Waals surface area contributed by atoms with Crippen LogP contribution in [0.25, 0.3) is 0 Å². The van der Waals surface area contributed by atoms with Crippen LogP contribution in [0.4, 0.5) is 27.6 Å². The van der Waals surface area contributed by atoms with Crippen LogP contribution in [0, 0.1) is 11.6 Å². The molecule has 0 aromatic heterocycles. The number of nitrogens with zero attached hydrogens (tertiary/aromatic N) is 1. The number of aliphatic hydroxyl groups is 1. The Labute approximate surface area is 188 Å². The number of hydrogen-bond acceptors (Lipinski definition) is 3. The highest BCUT2D eigenvalue weighted by Gasteiger charge is 2.50. The maximum atomic E-state index is 14.9. The number of piperidine rings is 1. The molecule has 2 aromatic carbocycles. The molecule has 5 nitrogen and oxygen atoms in total. The van der Waals surface area contributed by atoms with Crippen molar-refractivity contribution in [1.29, 1.82) is 0 Å². The second-order valence-corrected chi connectivity index (χ2v) is 8.52. The number of halogens is 6. The number of amides is 2. The van der Waals surface area contributed by atoms with E-state index in [0.29, 0.717) is 17.0 Å². The zero-order valence-corrected chi connectivity index (χ0v) is 18.2. The van der Waals surface area contributed by atoms with E-state index in [-0.39, 0.29) is 28.7 Å². The summed E-state index contributed by atoms with van der Waals surface area (Å²) in [6, 6.07) is 5.65. The van der Waals surface area contributed by atoms with Gasteiger partial charge in [0.15, 0.2) is 5.67 Å². The van der Waals surface area contributed by atoms with E-state index >= 15 is 0 Å². The number of aliphatic hydroxyl groups excluding tert-OH is 1. The monoisotopic (exact) mass is 520 g/mol. The van der Waals surface area contributed by atoms with E-state index in [2.05, 4.69) is 21.2 Å². The van der Waals surface area contributed by atoms with Gasteiger partial charge in [0.05, 0.1) is 22.7 Å². The molecule has 2 amide bonds. The molecule has 1 fully saturated rings. The van der Waals surface area contributed by atoms with E-state index in [9.17, 15) is 36.6 Å². The van der Waals surface area contributed by atoms with Crippen LogP contribution in [0.3, 0.4) is 0 Å². The Balaban J connectivity index is 1.85. The third-order valence-electron chi connectivity index (χ3n) is 5.17. The lowest BCUT2D eigenvalue weighted by Gasteiger charge is -2.39. The van der Waals surface area contributed by atoms with E-state index in [0.717, 1.165) is 19.1 Å². The quantitative estimate of drug-likeness (QED) is 0.587. The minimum Gasteiger partial charge on any atom is -0.390 e. The van der Waals surface area contributed by atoms with Crippen molar-refractivity contribution >= 4 is 33.4 Å². The summed E-state index contributed by atoms with van der Waals surface area (Å²) in [4.78, 5) is 25.4. The highest BCUT2D eigenvalue weighted by molar-refractivity contribution is 9.10. The van der Waals surface area contributed by atoms with Gasteiger partial charge in [-0.1, -0.05) is 0 Å². The topological polar surface area (TPSA) is 69.6 Å². The zero-order valence-electron chi connectivity index (χ0n) is 16.6. The van der Waals surface area contributed by atoms with Crippen LogP contribution in [0.5, 0.6) is 0 Å². The largest absolute Gasteiger partial charge is 0.390 e. The van der Waals surface area contributed by atoms with Gasteiger partial charge in [-0.25, -0.2) is 13.2 Å². The number of nitrogens with one attached hydrogen (secondary N) is 1. The number of benzene rings is 2. The predicted octanol–water partition coefficient (Wildman–Crippen LogP) is 4.39. The number of carbonyl (C=O) groups excluding carboxylic acids is 2. The van der Waals surface area contributed by atoms with Crippen molar-refractivity contribution in [3.05, 3.63) is 63.6 Å². The van der Waals surface area contributed by atoms with Crippen LogP contribution < -0.4 is 5.32 Å². The molecular weight excluding hydrogens is 503 g/mol. The van der Waals surface area contributed by atoms with Gasteiger partial charge in [-0.2, -0.15) is 8.78 Å². The molecule has 32 heavy (non-hydrogen) atoms. The average molecular weight is 521 g/mol. The predicted molar refractivity (Wildman–Crippen MR) is 109 cm³/mol. The molecule has 0 spiro atoms. The summed E-state index contributed by atoms with van der Waals surface area (Å²) in [5.74, 6) is -9.14. The van der Waals surface area contributed by atoms with Gasteiger partial charge in [0, 0.05) is 17.8 Å². The molecule has 3 rings (SSSR count). The number of carbonyl (C=O) groups is 2. The molecule has 0 bridgehead atoms. The maximum absolute atomic E-state index is 14.9. The lowest BCUT2D eigenvalue weighted by molar-refractivity contribution is -0.167. The first-order chi connectivity index (χ1) is 14.8. The number of hydrogen-bond donors (Lipinski definition) is 2. The minimum atomic E-state index is -4.39. The Morgan fingerprint density at radius 1 is 1.19 bits per heavy atom. The summed E-state index contributed by atoms with van der Waals surface area (Å²) < 4.78 is 71.8. The van der Waals surface area contributed by atoms with Crippen molar-refractivity contribution in [2.45, 2.75) is 31.0 Å². The smallest absolute Gasteiger partial charge is 0.352 e. The molecular formula is C21H18BrF5N2O3. The van der Waals surface area contributed by atoms with Gasteiger partial charge in [-0.15, -0.1) is 0 Å². The number of likely N-dealkylation sites (tertiary alicyclic amines) is 1. The number of anilines is 1. The fourth-order valence-electron chi connectivity index (χ4n) is 3.31. The standard InChI is InChI=1S/C21H18BrF5N2O3/c1-20(25)10-29(7-6-17(20)30)19(32)21(26,27)13-8-11(2-4-15(13)23)18(31)28-12-3-5-16(24)14(22)9-12/h2-5,8-9,17,30H,6-7,10H2,1H3,(H,28,31). The normalized spacial score (nSPS) is 21.4. The molecule has 1 heterocycles. The van der Waals surface area contributed by atoms with Crippen molar-refractivity contribution in [1.82, 2.24) is 4.90 Å². The van der Waals surface area contributed by atoms with Crippen molar-refractivity contribution in [3.63, 3.8) is 0 Å². The van der Waals surface area contributed by atoms with Gasteiger partial charge in [0.25, 0.3) is 11.8 Å². The summed E-state index contributed by atoms with van der Waals surface area (Å²) in [7, 11) is 0. The van der Waals surface area contributed by atoms with Crippen LogP contribution in [0.2, 0.25) is 0 Å². The SMILES string of the molecule is CC1(F)CN(C(=O)C(F)(F)c2cc(C(=O)Nc3ccc(F)c(Br)c3)ccc2F)CCC1O. The van der Waals surface area contributed by atoms with Crippen LogP contribution in [0.15, 0.2) is 40.9 Å². The second-order valence-electron chi connectivity index (χ2n) is 7.66. The molecule has 2 aromatic rings. The van der Waals surface area contributed by atoms with Crippen molar-refractivity contribution < 1.29 is 36.6 Å². The lowest BCUT2D eigenvalue weighted by Crippen LogP contribution is -2.56. The molecule has 0 saturated carbocycles. The third-order valence-corrected chi connectivity index (χ3v) is 5.78. The number of rotatable bonds is 4. The molecule has 2 atom stereocenters. The highest BCUT2D eigenvalue weighted by Crippen LogP contribution is 2.35. The Morgan fingerprint density at radius 3 is 2.47 bits per heavy atom. The third kappa shape index (κ3) is 4.78. The highest BCUT2D eigenvalue weighted by atomic mass is 79.9. The molecule has 1 saturated heterocycles. The summed E-state index contributed by atoms with van der Waals surface area (Å²) in [6.07, 6.45) is -1.68. The van der Waals surface area contributed by atoms with Gasteiger partial charge in [-0.05, 0) is 65.7 Å². The molecule has 1 aliphatic rings. The summed E-state index contributed by atoms with van der Waals surface area (Å²) in [5, 5.41) is 12.0. The Hall–Kier alpha value is -2.53. The zero-order chi connectivity index (χ0) is 23.8. The van der Waals surface area contributed by atoms with Gasteiger partial charge in [0.1, 0.15) is 11.6 Å². The lowest BCUT2D eigenvalue weighted by atomic mass is 9.92. The van der Waals surface area contributed by atoms with E-state index in [1.807, 2.05) is 0 Å². The first-order valence-electron chi connectivity index (χ1n) is 9.43. The van der Waals surface area contributed by atoms with Crippen LogP contribution in [-0.4, -0.2) is 46.7 Å². The van der Waals surface area contributed by atoms with Gasteiger partial charge < -0.3 is 15.3 Å². The molecule has 172 valence electrons. The molecule has 2 unspecified atom stereocenters. The second kappa shape index (κ2) is 8.78.